The van der Waals surface area contributed by atoms with E-state index in [1.54, 1.807) is 43.1 Å². The number of nitrogens with one attached hydrogen (secondary N) is 2. The third kappa shape index (κ3) is 6.20. The number of halogens is 3. The number of carbonyl (C=O) groups is 2. The zero-order chi connectivity index (χ0) is 20.0. The van der Waals surface area contributed by atoms with E-state index in [2.05, 4.69) is 10.6 Å². The second-order valence-electron chi connectivity index (χ2n) is 6.11. The van der Waals surface area contributed by atoms with Crippen molar-refractivity contribution >= 4 is 40.7 Å². The lowest BCUT2D eigenvalue weighted by Gasteiger charge is -2.17. The molecule has 2 aromatic rings. The number of amides is 2. The standard InChI is InChI=1S/C19H20Cl2FN3O2/c1-12-14(20)5-4-8-17(12)24-18(26)9-23-19(27)11-25(2)10-13-15(21)6-3-7-16(13)22/h3-8H,9-11H2,1-2H3,(H,23,27)(H,24,26). The van der Waals surface area contributed by atoms with Crippen molar-refractivity contribution in [3.05, 3.63) is 63.4 Å². The van der Waals surface area contributed by atoms with Crippen molar-refractivity contribution < 1.29 is 14.0 Å². The van der Waals surface area contributed by atoms with Crippen molar-refractivity contribution in [1.29, 1.82) is 0 Å². The van der Waals surface area contributed by atoms with E-state index in [0.717, 1.165) is 5.56 Å². The zero-order valence-corrected chi connectivity index (χ0v) is 16.5. The van der Waals surface area contributed by atoms with Gasteiger partial charge in [-0.1, -0.05) is 35.3 Å². The molecule has 0 aromatic heterocycles. The van der Waals surface area contributed by atoms with Gasteiger partial charge in [-0.15, -0.1) is 0 Å². The monoisotopic (exact) mass is 411 g/mol. The van der Waals surface area contributed by atoms with Gasteiger partial charge in [0.05, 0.1) is 13.1 Å². The Labute approximate surface area is 167 Å². The van der Waals surface area contributed by atoms with Gasteiger partial charge in [-0.05, 0) is 43.8 Å². The van der Waals surface area contributed by atoms with Gasteiger partial charge in [0.25, 0.3) is 0 Å². The Kier molecular flexibility index (Phi) is 7.59. The molecule has 0 fully saturated rings. The maximum absolute atomic E-state index is 13.8. The van der Waals surface area contributed by atoms with E-state index in [-0.39, 0.29) is 31.4 Å². The largest absolute Gasteiger partial charge is 0.346 e. The van der Waals surface area contributed by atoms with Crippen LogP contribution >= 0.6 is 23.2 Å². The van der Waals surface area contributed by atoms with Crippen LogP contribution in [-0.4, -0.2) is 36.9 Å². The van der Waals surface area contributed by atoms with Gasteiger partial charge in [0.15, 0.2) is 0 Å². The fourth-order valence-corrected chi connectivity index (χ4v) is 2.82. The van der Waals surface area contributed by atoms with E-state index in [0.29, 0.717) is 21.3 Å². The number of carbonyl (C=O) groups excluding carboxylic acids is 2. The zero-order valence-electron chi connectivity index (χ0n) is 15.0. The smallest absolute Gasteiger partial charge is 0.243 e. The summed E-state index contributed by atoms with van der Waals surface area (Å²) in [5.74, 6) is -1.15. The molecule has 8 heteroatoms. The minimum Gasteiger partial charge on any atom is -0.346 e. The average molecular weight is 412 g/mol. The first-order valence-electron chi connectivity index (χ1n) is 8.21. The molecule has 0 aliphatic rings. The summed E-state index contributed by atoms with van der Waals surface area (Å²) >= 11 is 12.0. The van der Waals surface area contributed by atoms with E-state index in [1.807, 2.05) is 0 Å². The lowest BCUT2D eigenvalue weighted by atomic mass is 10.2. The molecule has 2 amide bonds. The van der Waals surface area contributed by atoms with Crippen molar-refractivity contribution in [3.63, 3.8) is 0 Å². The fraction of sp³-hybridized carbons (Fsp3) is 0.263. The van der Waals surface area contributed by atoms with E-state index in [4.69, 9.17) is 23.2 Å². The summed E-state index contributed by atoms with van der Waals surface area (Å²) < 4.78 is 13.8. The fourth-order valence-electron chi connectivity index (χ4n) is 2.43. The first kappa shape index (κ1) is 21.2. The Morgan fingerprint density at radius 1 is 1.07 bits per heavy atom. The molecule has 5 nitrogen and oxygen atoms in total. The Bertz CT molecular complexity index is 825. The van der Waals surface area contributed by atoms with Crippen LogP contribution in [0.15, 0.2) is 36.4 Å². The summed E-state index contributed by atoms with van der Waals surface area (Å²) in [7, 11) is 1.66. The normalized spacial score (nSPS) is 10.7. The molecule has 0 atom stereocenters. The molecule has 2 N–H and O–H groups in total. The number of rotatable bonds is 7. The van der Waals surface area contributed by atoms with Gasteiger partial charge in [-0.3, -0.25) is 14.5 Å². The first-order chi connectivity index (χ1) is 12.8. The summed E-state index contributed by atoms with van der Waals surface area (Å²) in [4.78, 5) is 25.6. The minimum atomic E-state index is -0.425. The third-order valence-electron chi connectivity index (χ3n) is 3.89. The summed E-state index contributed by atoms with van der Waals surface area (Å²) in [6.07, 6.45) is 0. The highest BCUT2D eigenvalue weighted by Crippen LogP contribution is 2.22. The van der Waals surface area contributed by atoms with Crippen LogP contribution < -0.4 is 10.6 Å². The van der Waals surface area contributed by atoms with Crippen LogP contribution in [0.4, 0.5) is 10.1 Å². The van der Waals surface area contributed by atoms with Crippen molar-refractivity contribution in [1.82, 2.24) is 10.2 Å². The van der Waals surface area contributed by atoms with Crippen LogP contribution in [0.3, 0.4) is 0 Å². The molecule has 144 valence electrons. The lowest BCUT2D eigenvalue weighted by Crippen LogP contribution is -2.39. The van der Waals surface area contributed by atoms with Crippen molar-refractivity contribution in [3.8, 4) is 0 Å². The summed E-state index contributed by atoms with van der Waals surface area (Å²) in [6, 6.07) is 9.62. The molecule has 27 heavy (non-hydrogen) atoms. The molecule has 0 saturated heterocycles. The Morgan fingerprint density at radius 2 is 1.74 bits per heavy atom. The summed E-state index contributed by atoms with van der Waals surface area (Å²) in [5, 5.41) is 6.08. The van der Waals surface area contributed by atoms with Crippen LogP contribution in [0.5, 0.6) is 0 Å². The number of anilines is 1. The number of benzene rings is 2. The molecule has 2 rings (SSSR count). The molecule has 0 saturated carbocycles. The molecule has 0 radical (unpaired) electrons. The van der Waals surface area contributed by atoms with Gasteiger partial charge in [-0.2, -0.15) is 0 Å². The Hall–Kier alpha value is -2.15. The molecule has 0 unspecified atom stereocenters. The van der Waals surface area contributed by atoms with Crippen LogP contribution in [0.25, 0.3) is 0 Å². The maximum Gasteiger partial charge on any atom is 0.243 e. The number of nitrogens with zero attached hydrogens (tertiary/aromatic N) is 1. The molecule has 0 spiro atoms. The van der Waals surface area contributed by atoms with E-state index >= 15 is 0 Å². The molecular formula is C19H20Cl2FN3O2. The van der Waals surface area contributed by atoms with Crippen molar-refractivity contribution in [2.45, 2.75) is 13.5 Å². The average Bonchev–Trinajstić information content (AvgIpc) is 2.60. The van der Waals surface area contributed by atoms with Crippen molar-refractivity contribution in [2.24, 2.45) is 0 Å². The highest BCUT2D eigenvalue weighted by molar-refractivity contribution is 6.32. The number of hydrogen-bond donors (Lipinski definition) is 2. The molecular weight excluding hydrogens is 392 g/mol. The van der Waals surface area contributed by atoms with Crippen LogP contribution in [-0.2, 0) is 16.1 Å². The Morgan fingerprint density at radius 3 is 2.44 bits per heavy atom. The highest BCUT2D eigenvalue weighted by Gasteiger charge is 2.13. The SMILES string of the molecule is Cc1c(Cl)cccc1NC(=O)CNC(=O)CN(C)Cc1c(F)cccc1Cl. The maximum atomic E-state index is 13.8. The Balaban J connectivity index is 1.81. The molecule has 0 aliphatic carbocycles. The van der Waals surface area contributed by atoms with E-state index in [9.17, 15) is 14.0 Å². The number of hydrogen-bond acceptors (Lipinski definition) is 3. The van der Waals surface area contributed by atoms with Gasteiger partial charge in [0, 0.05) is 27.8 Å². The number of likely N-dealkylation sites (N-methyl/N-ethyl adjacent to an activating group) is 1. The van der Waals surface area contributed by atoms with Gasteiger partial charge in [0.1, 0.15) is 5.82 Å². The van der Waals surface area contributed by atoms with Crippen LogP contribution in [0.1, 0.15) is 11.1 Å². The lowest BCUT2D eigenvalue weighted by molar-refractivity contribution is -0.124. The molecule has 0 bridgehead atoms. The molecule has 0 aliphatic heterocycles. The predicted octanol–water partition coefficient (Wildman–Crippen LogP) is 3.63. The second-order valence-corrected chi connectivity index (χ2v) is 6.92. The second kappa shape index (κ2) is 9.69. The van der Waals surface area contributed by atoms with Crippen molar-refractivity contribution in [2.75, 3.05) is 25.5 Å². The van der Waals surface area contributed by atoms with Gasteiger partial charge < -0.3 is 10.6 Å². The van der Waals surface area contributed by atoms with Crippen LogP contribution in [0.2, 0.25) is 10.0 Å². The highest BCUT2D eigenvalue weighted by atomic mass is 35.5. The van der Waals surface area contributed by atoms with Gasteiger partial charge >= 0.3 is 0 Å². The molecule has 2 aromatic carbocycles. The third-order valence-corrected chi connectivity index (χ3v) is 4.65. The quantitative estimate of drug-likeness (QED) is 0.730. The van der Waals surface area contributed by atoms with E-state index < -0.39 is 5.82 Å². The van der Waals surface area contributed by atoms with E-state index in [1.165, 1.54) is 12.1 Å². The van der Waals surface area contributed by atoms with Gasteiger partial charge in [0.2, 0.25) is 11.8 Å². The topological polar surface area (TPSA) is 61.4 Å². The van der Waals surface area contributed by atoms with Gasteiger partial charge in [-0.25, -0.2) is 4.39 Å². The predicted molar refractivity (Wildman–Crippen MR) is 106 cm³/mol. The summed E-state index contributed by atoms with van der Waals surface area (Å²) in [6.45, 7) is 1.78. The van der Waals surface area contributed by atoms with Crippen LogP contribution in [0, 0.1) is 12.7 Å². The summed E-state index contributed by atoms with van der Waals surface area (Å²) in [5.41, 5.74) is 1.66. The first-order valence-corrected chi connectivity index (χ1v) is 8.96. The molecule has 0 heterocycles. The minimum absolute atomic E-state index is 0.00582.